The molecule has 0 aliphatic carbocycles. The smallest absolute Gasteiger partial charge is 0.376 e. The zero-order chi connectivity index (χ0) is 14.3. The number of esters is 1. The summed E-state index contributed by atoms with van der Waals surface area (Å²) >= 11 is 0. The Morgan fingerprint density at radius 3 is 2.42 bits per heavy atom. The number of carbonyl (C=O) groups is 1. The SMILES string of the molecule is CCOC(=O)C(F)(F)CCCc1ccc(OC)cc1. The van der Waals surface area contributed by atoms with Crippen molar-refractivity contribution in [3.63, 3.8) is 0 Å². The van der Waals surface area contributed by atoms with Gasteiger partial charge in [-0.05, 0) is 37.5 Å². The van der Waals surface area contributed by atoms with Gasteiger partial charge in [-0.2, -0.15) is 8.78 Å². The minimum absolute atomic E-state index is 0.0348. The van der Waals surface area contributed by atoms with E-state index < -0.39 is 18.3 Å². The second kappa shape index (κ2) is 7.07. The van der Waals surface area contributed by atoms with Gasteiger partial charge in [-0.3, -0.25) is 0 Å². The van der Waals surface area contributed by atoms with Gasteiger partial charge in [0.2, 0.25) is 0 Å². The van der Waals surface area contributed by atoms with E-state index in [2.05, 4.69) is 4.74 Å². The van der Waals surface area contributed by atoms with Gasteiger partial charge < -0.3 is 9.47 Å². The Morgan fingerprint density at radius 1 is 1.26 bits per heavy atom. The van der Waals surface area contributed by atoms with Crippen molar-refractivity contribution >= 4 is 5.97 Å². The monoisotopic (exact) mass is 272 g/mol. The minimum atomic E-state index is -3.40. The molecule has 0 N–H and O–H groups in total. The lowest BCUT2D eigenvalue weighted by atomic mass is 10.1. The van der Waals surface area contributed by atoms with Crippen LogP contribution in [0, 0.1) is 0 Å². The van der Waals surface area contributed by atoms with E-state index in [-0.39, 0.29) is 13.0 Å². The van der Waals surface area contributed by atoms with Gasteiger partial charge in [-0.15, -0.1) is 0 Å². The highest BCUT2D eigenvalue weighted by molar-refractivity contribution is 5.77. The van der Waals surface area contributed by atoms with Crippen molar-refractivity contribution in [2.45, 2.75) is 32.1 Å². The molecule has 0 amide bonds. The van der Waals surface area contributed by atoms with Gasteiger partial charge in [0.15, 0.2) is 0 Å². The Kier molecular flexibility index (Phi) is 5.73. The summed E-state index contributed by atoms with van der Waals surface area (Å²) in [7, 11) is 1.56. The zero-order valence-electron chi connectivity index (χ0n) is 11.1. The molecule has 1 aromatic rings. The molecule has 0 atom stereocenters. The highest BCUT2D eigenvalue weighted by Gasteiger charge is 2.39. The quantitative estimate of drug-likeness (QED) is 0.715. The van der Waals surface area contributed by atoms with Crippen LogP contribution < -0.4 is 4.74 Å². The molecular formula is C14H18F2O3. The molecule has 0 aromatic heterocycles. The average Bonchev–Trinajstić information content (AvgIpc) is 2.39. The summed E-state index contributed by atoms with van der Waals surface area (Å²) in [6.07, 6.45) is 0.203. The fourth-order valence-corrected chi connectivity index (χ4v) is 1.65. The van der Waals surface area contributed by atoms with Crippen molar-refractivity contribution in [2.75, 3.05) is 13.7 Å². The van der Waals surface area contributed by atoms with Crippen LogP contribution >= 0.6 is 0 Å². The van der Waals surface area contributed by atoms with E-state index in [0.717, 1.165) is 11.3 Å². The molecule has 0 heterocycles. The number of benzene rings is 1. The predicted octanol–water partition coefficient (Wildman–Crippen LogP) is 3.22. The second-order valence-corrected chi connectivity index (χ2v) is 4.13. The summed E-state index contributed by atoms with van der Waals surface area (Å²) in [6, 6.07) is 7.19. The fraction of sp³-hybridized carbons (Fsp3) is 0.500. The van der Waals surface area contributed by atoms with Gasteiger partial charge in [0.05, 0.1) is 13.7 Å². The molecule has 0 saturated carbocycles. The standard InChI is InChI=1S/C14H18F2O3/c1-3-19-13(17)14(15,16)10-4-5-11-6-8-12(18-2)9-7-11/h6-9H,3-5,10H2,1-2H3. The zero-order valence-corrected chi connectivity index (χ0v) is 11.1. The van der Waals surface area contributed by atoms with Crippen LogP contribution in [0.5, 0.6) is 5.75 Å². The largest absolute Gasteiger partial charge is 0.497 e. The van der Waals surface area contributed by atoms with Crippen LogP contribution in [0.1, 0.15) is 25.3 Å². The molecule has 19 heavy (non-hydrogen) atoms. The van der Waals surface area contributed by atoms with E-state index in [1.165, 1.54) is 6.92 Å². The maximum absolute atomic E-state index is 13.3. The normalized spacial score (nSPS) is 11.2. The van der Waals surface area contributed by atoms with Gasteiger partial charge in [0, 0.05) is 6.42 Å². The highest BCUT2D eigenvalue weighted by Crippen LogP contribution is 2.23. The summed E-state index contributed by atoms with van der Waals surface area (Å²) in [6.45, 7) is 1.47. The third kappa shape index (κ3) is 4.85. The molecule has 1 rings (SSSR count). The lowest BCUT2D eigenvalue weighted by Gasteiger charge is -2.14. The third-order valence-electron chi connectivity index (χ3n) is 2.69. The Hall–Kier alpha value is -1.65. The molecule has 0 radical (unpaired) electrons. The molecule has 0 bridgehead atoms. The number of ether oxygens (including phenoxy) is 2. The van der Waals surface area contributed by atoms with Gasteiger partial charge in [0.1, 0.15) is 5.75 Å². The number of aryl methyl sites for hydroxylation is 1. The van der Waals surface area contributed by atoms with Gasteiger partial charge in [-0.1, -0.05) is 12.1 Å². The van der Waals surface area contributed by atoms with Crippen molar-refractivity contribution in [3.05, 3.63) is 29.8 Å². The highest BCUT2D eigenvalue weighted by atomic mass is 19.3. The second-order valence-electron chi connectivity index (χ2n) is 4.13. The van der Waals surface area contributed by atoms with E-state index in [0.29, 0.717) is 6.42 Å². The van der Waals surface area contributed by atoms with Crippen molar-refractivity contribution in [3.8, 4) is 5.75 Å². The predicted molar refractivity (Wildman–Crippen MR) is 67.5 cm³/mol. The van der Waals surface area contributed by atoms with Crippen LogP contribution in [0.4, 0.5) is 8.78 Å². The maximum atomic E-state index is 13.3. The molecule has 0 spiro atoms. The first-order valence-electron chi connectivity index (χ1n) is 6.17. The number of methoxy groups -OCH3 is 1. The van der Waals surface area contributed by atoms with Crippen molar-refractivity contribution in [1.82, 2.24) is 0 Å². The van der Waals surface area contributed by atoms with Crippen LogP contribution in [-0.2, 0) is 16.0 Å². The molecule has 0 fully saturated rings. The molecule has 1 aromatic carbocycles. The number of hydrogen-bond donors (Lipinski definition) is 0. The minimum Gasteiger partial charge on any atom is -0.497 e. The van der Waals surface area contributed by atoms with Crippen LogP contribution in [0.2, 0.25) is 0 Å². The number of carbonyl (C=O) groups excluding carboxylic acids is 1. The molecule has 0 unspecified atom stereocenters. The summed E-state index contributed by atoms with van der Waals surface area (Å²) < 4.78 is 36.0. The summed E-state index contributed by atoms with van der Waals surface area (Å²) in [5, 5.41) is 0. The van der Waals surface area contributed by atoms with Crippen LogP contribution in [-0.4, -0.2) is 25.6 Å². The molecule has 5 heteroatoms. The molecule has 0 aliphatic heterocycles. The van der Waals surface area contributed by atoms with E-state index in [1.807, 2.05) is 12.1 Å². The molecule has 3 nitrogen and oxygen atoms in total. The number of halogens is 2. The molecule has 106 valence electrons. The third-order valence-corrected chi connectivity index (χ3v) is 2.69. The van der Waals surface area contributed by atoms with Crippen LogP contribution in [0.25, 0.3) is 0 Å². The fourth-order valence-electron chi connectivity index (χ4n) is 1.65. The topological polar surface area (TPSA) is 35.5 Å². The Bertz CT molecular complexity index is 402. The van der Waals surface area contributed by atoms with Gasteiger partial charge >= 0.3 is 11.9 Å². The Labute approximate surface area is 111 Å². The Balaban J connectivity index is 2.42. The van der Waals surface area contributed by atoms with Crippen molar-refractivity contribution in [2.24, 2.45) is 0 Å². The summed E-state index contributed by atoms with van der Waals surface area (Å²) in [5.74, 6) is -4.12. The van der Waals surface area contributed by atoms with Crippen molar-refractivity contribution < 1.29 is 23.0 Å². The molecular weight excluding hydrogens is 254 g/mol. The van der Waals surface area contributed by atoms with E-state index in [4.69, 9.17) is 4.74 Å². The van der Waals surface area contributed by atoms with E-state index >= 15 is 0 Å². The average molecular weight is 272 g/mol. The van der Waals surface area contributed by atoms with Gasteiger partial charge in [0.25, 0.3) is 0 Å². The first-order chi connectivity index (χ1) is 8.99. The molecule has 0 saturated heterocycles. The Morgan fingerprint density at radius 2 is 1.89 bits per heavy atom. The van der Waals surface area contributed by atoms with E-state index in [9.17, 15) is 13.6 Å². The lowest BCUT2D eigenvalue weighted by Crippen LogP contribution is -2.30. The van der Waals surface area contributed by atoms with Crippen LogP contribution in [0.15, 0.2) is 24.3 Å². The number of rotatable bonds is 7. The van der Waals surface area contributed by atoms with Gasteiger partial charge in [-0.25, -0.2) is 4.79 Å². The first-order valence-corrected chi connectivity index (χ1v) is 6.17. The van der Waals surface area contributed by atoms with Crippen LogP contribution in [0.3, 0.4) is 0 Å². The lowest BCUT2D eigenvalue weighted by molar-refractivity contribution is -0.172. The molecule has 0 aliphatic rings. The van der Waals surface area contributed by atoms with Crippen molar-refractivity contribution in [1.29, 1.82) is 0 Å². The first kappa shape index (κ1) is 15.4. The summed E-state index contributed by atoms with van der Waals surface area (Å²) in [4.78, 5) is 11.0. The van der Waals surface area contributed by atoms with E-state index in [1.54, 1.807) is 19.2 Å². The number of hydrogen-bond acceptors (Lipinski definition) is 3. The summed E-state index contributed by atoms with van der Waals surface area (Å²) in [5.41, 5.74) is 0.931. The maximum Gasteiger partial charge on any atom is 0.376 e. The number of alkyl halides is 2.